The maximum absolute atomic E-state index is 5.59. The molecule has 1 aromatic rings. The van der Waals surface area contributed by atoms with Crippen molar-refractivity contribution in [2.45, 2.75) is 38.6 Å². The van der Waals surface area contributed by atoms with Crippen molar-refractivity contribution in [1.29, 1.82) is 0 Å². The molecule has 5 heteroatoms. The fourth-order valence-corrected chi connectivity index (χ4v) is 1.78. The number of aromatic nitrogens is 2. The molecule has 0 aliphatic heterocycles. The second-order valence-electron chi connectivity index (χ2n) is 4.83. The Morgan fingerprint density at radius 3 is 2.88 bits per heavy atom. The highest BCUT2D eigenvalue weighted by molar-refractivity contribution is 4.86. The van der Waals surface area contributed by atoms with Crippen LogP contribution in [0.3, 0.4) is 0 Å². The van der Waals surface area contributed by atoms with Crippen molar-refractivity contribution in [2.24, 2.45) is 5.92 Å². The average Bonchev–Trinajstić information content (AvgIpc) is 3.00. The smallest absolute Gasteiger partial charge is 0.217 e. The van der Waals surface area contributed by atoms with Gasteiger partial charge < -0.3 is 14.5 Å². The summed E-state index contributed by atoms with van der Waals surface area (Å²) in [6.45, 7) is 3.77. The maximum Gasteiger partial charge on any atom is 0.217 e. The molecule has 17 heavy (non-hydrogen) atoms. The first-order valence-corrected chi connectivity index (χ1v) is 6.31. The van der Waals surface area contributed by atoms with Gasteiger partial charge in [-0.1, -0.05) is 6.92 Å². The molecule has 1 unspecified atom stereocenters. The maximum atomic E-state index is 5.59. The lowest BCUT2D eigenvalue weighted by Gasteiger charge is -2.05. The first kappa shape index (κ1) is 12.5. The van der Waals surface area contributed by atoms with Crippen LogP contribution in [-0.4, -0.2) is 36.5 Å². The van der Waals surface area contributed by atoms with Crippen LogP contribution in [0.1, 0.15) is 31.5 Å². The first-order valence-electron chi connectivity index (χ1n) is 6.31. The van der Waals surface area contributed by atoms with Crippen LogP contribution in [0, 0.1) is 5.92 Å². The lowest BCUT2D eigenvalue weighted by molar-refractivity contribution is 0.156. The molecule has 0 amide bonds. The second kappa shape index (κ2) is 6.12. The molecule has 0 spiro atoms. The van der Waals surface area contributed by atoms with E-state index in [1.807, 2.05) is 0 Å². The minimum absolute atomic E-state index is 0.415. The fourth-order valence-electron chi connectivity index (χ4n) is 1.78. The highest BCUT2D eigenvalue weighted by Crippen LogP contribution is 2.18. The van der Waals surface area contributed by atoms with Crippen LogP contribution in [0.25, 0.3) is 0 Å². The van der Waals surface area contributed by atoms with Crippen molar-refractivity contribution in [3.8, 4) is 0 Å². The van der Waals surface area contributed by atoms with Gasteiger partial charge in [0.15, 0.2) is 0 Å². The molecule has 2 rings (SSSR count). The number of hydrogen-bond acceptors (Lipinski definition) is 5. The van der Waals surface area contributed by atoms with Crippen molar-refractivity contribution < 1.29 is 9.15 Å². The largest absolute Gasteiger partial charge is 0.425 e. The molecule has 1 aliphatic carbocycles. The van der Waals surface area contributed by atoms with Crippen LogP contribution in [0.15, 0.2) is 4.42 Å². The fraction of sp³-hybridized carbons (Fsp3) is 0.833. The third-order valence-electron chi connectivity index (χ3n) is 2.83. The third-order valence-corrected chi connectivity index (χ3v) is 2.83. The minimum Gasteiger partial charge on any atom is -0.425 e. The first-order chi connectivity index (χ1) is 8.28. The zero-order valence-corrected chi connectivity index (χ0v) is 10.6. The van der Waals surface area contributed by atoms with Crippen LogP contribution >= 0.6 is 0 Å². The van der Waals surface area contributed by atoms with E-state index in [0.29, 0.717) is 5.92 Å². The summed E-state index contributed by atoms with van der Waals surface area (Å²) in [7, 11) is 1.71. The number of methoxy groups -OCH3 is 1. The SMILES string of the molecule is COCC(C)Cc1nnc(CCNC2CC2)o1. The quantitative estimate of drug-likeness (QED) is 0.738. The van der Waals surface area contributed by atoms with E-state index >= 15 is 0 Å². The Bertz CT molecular complexity index is 336. The van der Waals surface area contributed by atoms with Crippen LogP contribution in [0.2, 0.25) is 0 Å². The van der Waals surface area contributed by atoms with E-state index in [1.54, 1.807) is 7.11 Å². The Balaban J connectivity index is 1.70. The third kappa shape index (κ3) is 4.44. The summed E-state index contributed by atoms with van der Waals surface area (Å²) in [6, 6.07) is 0.735. The predicted octanol–water partition coefficient (Wildman–Crippen LogP) is 1.19. The Kier molecular flexibility index (Phi) is 4.50. The minimum atomic E-state index is 0.415. The Morgan fingerprint density at radius 1 is 1.41 bits per heavy atom. The van der Waals surface area contributed by atoms with Crippen molar-refractivity contribution in [1.82, 2.24) is 15.5 Å². The van der Waals surface area contributed by atoms with Gasteiger partial charge >= 0.3 is 0 Å². The second-order valence-corrected chi connectivity index (χ2v) is 4.83. The van der Waals surface area contributed by atoms with Gasteiger partial charge in [0.25, 0.3) is 0 Å². The summed E-state index contributed by atoms with van der Waals surface area (Å²) in [6.07, 6.45) is 4.23. The summed E-state index contributed by atoms with van der Waals surface area (Å²) in [5.41, 5.74) is 0. The van der Waals surface area contributed by atoms with E-state index in [-0.39, 0.29) is 0 Å². The number of nitrogens with one attached hydrogen (secondary N) is 1. The van der Waals surface area contributed by atoms with Gasteiger partial charge in [0, 0.05) is 39.1 Å². The molecular weight excluding hydrogens is 218 g/mol. The van der Waals surface area contributed by atoms with E-state index in [1.165, 1.54) is 12.8 Å². The van der Waals surface area contributed by atoms with Crippen LogP contribution in [-0.2, 0) is 17.6 Å². The molecule has 0 radical (unpaired) electrons. The molecule has 1 fully saturated rings. The summed E-state index contributed by atoms with van der Waals surface area (Å²) in [5, 5.41) is 11.5. The van der Waals surface area contributed by atoms with Crippen LogP contribution in [0.5, 0.6) is 0 Å². The molecule has 1 saturated carbocycles. The Labute approximate surface area is 102 Å². The summed E-state index contributed by atoms with van der Waals surface area (Å²) >= 11 is 0. The van der Waals surface area contributed by atoms with Crippen molar-refractivity contribution in [3.63, 3.8) is 0 Å². The van der Waals surface area contributed by atoms with E-state index < -0.39 is 0 Å². The summed E-state index contributed by atoms with van der Waals surface area (Å²) < 4.78 is 10.7. The van der Waals surface area contributed by atoms with Crippen molar-refractivity contribution in [2.75, 3.05) is 20.3 Å². The lowest BCUT2D eigenvalue weighted by Crippen LogP contribution is -2.19. The molecule has 0 aromatic carbocycles. The zero-order valence-electron chi connectivity index (χ0n) is 10.6. The van der Waals surface area contributed by atoms with Crippen LogP contribution < -0.4 is 5.32 Å². The summed E-state index contributed by atoms with van der Waals surface area (Å²) in [5.74, 6) is 1.87. The number of nitrogens with zero attached hydrogens (tertiary/aromatic N) is 2. The molecule has 0 saturated heterocycles. The van der Waals surface area contributed by atoms with E-state index in [4.69, 9.17) is 9.15 Å². The Morgan fingerprint density at radius 2 is 2.18 bits per heavy atom. The van der Waals surface area contributed by atoms with Crippen molar-refractivity contribution >= 4 is 0 Å². The van der Waals surface area contributed by atoms with E-state index in [9.17, 15) is 0 Å². The van der Waals surface area contributed by atoms with Gasteiger partial charge in [-0.25, -0.2) is 0 Å². The molecule has 1 N–H and O–H groups in total. The molecule has 1 heterocycles. The van der Waals surface area contributed by atoms with Gasteiger partial charge in [-0.15, -0.1) is 10.2 Å². The zero-order chi connectivity index (χ0) is 12.1. The number of rotatable bonds is 8. The van der Waals surface area contributed by atoms with E-state index in [0.717, 1.165) is 43.8 Å². The monoisotopic (exact) mass is 239 g/mol. The van der Waals surface area contributed by atoms with Gasteiger partial charge in [0.2, 0.25) is 11.8 Å². The standard InChI is InChI=1S/C12H21N3O2/c1-9(8-16-2)7-12-15-14-11(17-12)5-6-13-10-3-4-10/h9-10,13H,3-8H2,1-2H3. The molecule has 0 bridgehead atoms. The topological polar surface area (TPSA) is 60.2 Å². The predicted molar refractivity (Wildman–Crippen MR) is 63.8 cm³/mol. The highest BCUT2D eigenvalue weighted by atomic mass is 16.5. The van der Waals surface area contributed by atoms with Gasteiger partial charge in [0.05, 0.1) is 0 Å². The van der Waals surface area contributed by atoms with Gasteiger partial charge in [-0.05, 0) is 18.8 Å². The van der Waals surface area contributed by atoms with Gasteiger partial charge in [-0.2, -0.15) is 0 Å². The lowest BCUT2D eigenvalue weighted by atomic mass is 10.1. The molecular formula is C12H21N3O2. The molecule has 1 aromatic heterocycles. The summed E-state index contributed by atoms with van der Waals surface area (Å²) in [4.78, 5) is 0. The van der Waals surface area contributed by atoms with Crippen molar-refractivity contribution in [3.05, 3.63) is 11.8 Å². The van der Waals surface area contributed by atoms with Gasteiger partial charge in [0.1, 0.15) is 0 Å². The molecule has 5 nitrogen and oxygen atoms in total. The average molecular weight is 239 g/mol. The highest BCUT2D eigenvalue weighted by Gasteiger charge is 2.20. The van der Waals surface area contributed by atoms with Gasteiger partial charge in [-0.3, -0.25) is 0 Å². The molecule has 1 aliphatic rings. The molecule has 96 valence electrons. The molecule has 1 atom stereocenters. The van der Waals surface area contributed by atoms with E-state index in [2.05, 4.69) is 22.4 Å². The Hall–Kier alpha value is -0.940. The number of hydrogen-bond donors (Lipinski definition) is 1. The normalized spacial score (nSPS) is 17.3. The number of ether oxygens (including phenoxy) is 1. The van der Waals surface area contributed by atoms with Crippen LogP contribution in [0.4, 0.5) is 0 Å².